The molecule has 0 heterocycles. The lowest BCUT2D eigenvalue weighted by atomic mass is 10.0. The van der Waals surface area contributed by atoms with Gasteiger partial charge in [-0.05, 0) is 31.2 Å². The molecule has 0 bridgehead atoms. The van der Waals surface area contributed by atoms with Gasteiger partial charge in [0.05, 0.1) is 0 Å². The molecule has 0 saturated carbocycles. The Morgan fingerprint density at radius 3 is 2.63 bits per heavy atom. The Kier molecular flexibility index (Phi) is 8.99. The third-order valence-electron chi connectivity index (χ3n) is 2.92. The van der Waals surface area contributed by atoms with Gasteiger partial charge >= 0.3 is 0 Å². The van der Waals surface area contributed by atoms with Crippen LogP contribution < -0.4 is 5.32 Å². The SMILES string of the molecule is CCCC[C@@H]([CH][CH][CH][CH]C=O)NCc1ccccc1. The predicted octanol–water partition coefficient (Wildman–Crippen LogP) is 3.35. The number of rotatable bonds is 11. The van der Waals surface area contributed by atoms with Crippen LogP contribution in [0.2, 0.25) is 0 Å². The van der Waals surface area contributed by atoms with Crippen molar-refractivity contribution >= 4 is 6.29 Å². The molecular formula is C17H23NO. The van der Waals surface area contributed by atoms with Gasteiger partial charge in [-0.1, -0.05) is 50.1 Å². The van der Waals surface area contributed by atoms with Crippen molar-refractivity contribution in [2.45, 2.75) is 38.8 Å². The fourth-order valence-corrected chi connectivity index (χ4v) is 1.84. The number of benzene rings is 1. The first-order chi connectivity index (χ1) is 9.36. The number of aldehydes is 1. The van der Waals surface area contributed by atoms with E-state index in [1.165, 1.54) is 24.8 Å². The zero-order chi connectivity index (χ0) is 13.8. The Balaban J connectivity index is 2.29. The minimum absolute atomic E-state index is 0.358. The Bertz CT molecular complexity index is 323. The molecule has 0 fully saturated rings. The van der Waals surface area contributed by atoms with Crippen molar-refractivity contribution in [3.05, 3.63) is 61.6 Å². The molecule has 0 aliphatic rings. The standard InChI is InChI=1S/C17H23NO/c1-2-3-12-17(13-8-5-9-14-19)18-15-16-10-6-4-7-11-16/h4-11,13-14,17-18H,2-3,12,15H2,1H3/t17-/m0/s1. The highest BCUT2D eigenvalue weighted by atomic mass is 16.1. The molecule has 0 aromatic heterocycles. The normalized spacial score (nSPS) is 12.3. The molecule has 0 amide bonds. The molecule has 1 aromatic carbocycles. The summed E-state index contributed by atoms with van der Waals surface area (Å²) >= 11 is 0. The van der Waals surface area contributed by atoms with Gasteiger partial charge in [0.2, 0.25) is 0 Å². The highest BCUT2D eigenvalue weighted by Gasteiger charge is 2.08. The van der Waals surface area contributed by atoms with Crippen molar-refractivity contribution in [1.29, 1.82) is 0 Å². The maximum Gasteiger partial charge on any atom is 0.124 e. The van der Waals surface area contributed by atoms with Crippen molar-refractivity contribution in [2.75, 3.05) is 0 Å². The van der Waals surface area contributed by atoms with Gasteiger partial charge in [-0.2, -0.15) is 0 Å². The zero-order valence-corrected chi connectivity index (χ0v) is 11.6. The summed E-state index contributed by atoms with van der Waals surface area (Å²) in [5.74, 6) is 0. The van der Waals surface area contributed by atoms with E-state index in [1.807, 2.05) is 12.5 Å². The van der Waals surface area contributed by atoms with Gasteiger partial charge in [0, 0.05) is 19.0 Å². The van der Waals surface area contributed by atoms with E-state index < -0.39 is 0 Å². The average molecular weight is 257 g/mol. The topological polar surface area (TPSA) is 29.1 Å². The lowest BCUT2D eigenvalue weighted by Crippen LogP contribution is -2.29. The molecule has 4 radical (unpaired) electrons. The monoisotopic (exact) mass is 257 g/mol. The molecular weight excluding hydrogens is 234 g/mol. The fourth-order valence-electron chi connectivity index (χ4n) is 1.84. The number of carbonyl (C=O) groups excluding carboxylic acids is 1. The molecule has 1 aromatic rings. The molecule has 102 valence electrons. The highest BCUT2D eigenvalue weighted by Crippen LogP contribution is 2.08. The molecule has 2 nitrogen and oxygen atoms in total. The van der Waals surface area contributed by atoms with Crippen LogP contribution in [0, 0.1) is 25.7 Å². The Labute approximate surface area is 117 Å². The van der Waals surface area contributed by atoms with Crippen molar-refractivity contribution < 1.29 is 4.79 Å². The second kappa shape index (κ2) is 10.7. The van der Waals surface area contributed by atoms with Crippen LogP contribution in [-0.4, -0.2) is 12.3 Å². The Morgan fingerprint density at radius 1 is 1.16 bits per heavy atom. The maximum atomic E-state index is 10.2. The van der Waals surface area contributed by atoms with Crippen LogP contribution in [0.5, 0.6) is 0 Å². The first kappa shape index (κ1) is 15.9. The van der Waals surface area contributed by atoms with Crippen molar-refractivity contribution in [2.24, 2.45) is 0 Å². The van der Waals surface area contributed by atoms with E-state index in [2.05, 4.69) is 42.9 Å². The summed E-state index contributed by atoms with van der Waals surface area (Å²) in [6.07, 6.45) is 11.7. The molecule has 19 heavy (non-hydrogen) atoms. The molecule has 2 heteroatoms. The molecule has 1 N–H and O–H groups in total. The Hall–Kier alpha value is -1.15. The van der Waals surface area contributed by atoms with Crippen LogP contribution in [0.1, 0.15) is 31.7 Å². The Morgan fingerprint density at radius 2 is 1.95 bits per heavy atom. The lowest BCUT2D eigenvalue weighted by Gasteiger charge is -2.18. The van der Waals surface area contributed by atoms with E-state index in [-0.39, 0.29) is 0 Å². The predicted molar refractivity (Wildman–Crippen MR) is 79.9 cm³/mol. The molecule has 0 saturated heterocycles. The summed E-state index contributed by atoms with van der Waals surface area (Å²) in [6.45, 7) is 3.07. The van der Waals surface area contributed by atoms with Gasteiger partial charge in [-0.25, -0.2) is 0 Å². The first-order valence-electron chi connectivity index (χ1n) is 6.92. The number of nitrogens with one attached hydrogen (secondary N) is 1. The fraction of sp³-hybridized carbons (Fsp3) is 0.353. The van der Waals surface area contributed by atoms with E-state index in [0.29, 0.717) is 6.04 Å². The number of carbonyl (C=O) groups is 1. The third-order valence-corrected chi connectivity index (χ3v) is 2.92. The summed E-state index contributed by atoms with van der Waals surface area (Å²) in [5.41, 5.74) is 1.29. The van der Waals surface area contributed by atoms with E-state index in [0.717, 1.165) is 19.3 Å². The van der Waals surface area contributed by atoms with Gasteiger partial charge < -0.3 is 10.1 Å². The van der Waals surface area contributed by atoms with Crippen LogP contribution in [0.3, 0.4) is 0 Å². The second-order valence-electron chi connectivity index (χ2n) is 4.52. The number of unbranched alkanes of at least 4 members (excludes halogenated alkanes) is 3. The summed E-state index contributed by atoms with van der Waals surface area (Å²) in [7, 11) is 0. The van der Waals surface area contributed by atoms with Crippen LogP contribution >= 0.6 is 0 Å². The number of hydrogen-bond acceptors (Lipinski definition) is 2. The van der Waals surface area contributed by atoms with Gasteiger partial charge in [0.25, 0.3) is 0 Å². The van der Waals surface area contributed by atoms with Crippen LogP contribution in [0.15, 0.2) is 30.3 Å². The average Bonchev–Trinajstić information content (AvgIpc) is 2.46. The zero-order valence-electron chi connectivity index (χ0n) is 11.6. The smallest absolute Gasteiger partial charge is 0.124 e. The van der Waals surface area contributed by atoms with Crippen LogP contribution in [0.25, 0.3) is 0 Å². The van der Waals surface area contributed by atoms with Gasteiger partial charge in [0.15, 0.2) is 0 Å². The highest BCUT2D eigenvalue weighted by molar-refractivity contribution is 5.64. The van der Waals surface area contributed by atoms with Crippen molar-refractivity contribution in [1.82, 2.24) is 5.32 Å². The summed E-state index contributed by atoms with van der Waals surface area (Å²) in [6, 6.07) is 10.8. The molecule has 1 atom stereocenters. The van der Waals surface area contributed by atoms with Gasteiger partial charge in [0.1, 0.15) is 6.29 Å². The largest absolute Gasteiger partial charge is 0.310 e. The van der Waals surface area contributed by atoms with E-state index >= 15 is 0 Å². The van der Waals surface area contributed by atoms with Crippen molar-refractivity contribution in [3.8, 4) is 0 Å². The minimum atomic E-state index is 0.358. The van der Waals surface area contributed by atoms with Crippen molar-refractivity contribution in [3.63, 3.8) is 0 Å². The second-order valence-corrected chi connectivity index (χ2v) is 4.52. The molecule has 0 unspecified atom stereocenters. The minimum Gasteiger partial charge on any atom is -0.310 e. The molecule has 1 rings (SSSR count). The lowest BCUT2D eigenvalue weighted by molar-refractivity contribution is -0.105. The van der Waals surface area contributed by atoms with E-state index in [9.17, 15) is 4.79 Å². The maximum absolute atomic E-state index is 10.2. The summed E-state index contributed by atoms with van der Waals surface area (Å²) < 4.78 is 0. The first-order valence-corrected chi connectivity index (χ1v) is 6.92. The van der Waals surface area contributed by atoms with Gasteiger partial charge in [-0.3, -0.25) is 0 Å². The van der Waals surface area contributed by atoms with Crippen LogP contribution in [-0.2, 0) is 11.3 Å². The molecule has 0 aliphatic heterocycles. The van der Waals surface area contributed by atoms with E-state index in [1.54, 1.807) is 6.42 Å². The van der Waals surface area contributed by atoms with Gasteiger partial charge in [-0.15, -0.1) is 0 Å². The summed E-state index contributed by atoms with van der Waals surface area (Å²) in [5, 5.41) is 3.54. The number of hydrogen-bond donors (Lipinski definition) is 1. The van der Waals surface area contributed by atoms with E-state index in [4.69, 9.17) is 0 Å². The molecule has 0 spiro atoms. The quantitative estimate of drug-likeness (QED) is 0.486. The third kappa shape index (κ3) is 7.78. The van der Waals surface area contributed by atoms with Crippen LogP contribution in [0.4, 0.5) is 0 Å². The summed E-state index contributed by atoms with van der Waals surface area (Å²) in [4.78, 5) is 10.2. The molecule has 0 aliphatic carbocycles.